The summed E-state index contributed by atoms with van der Waals surface area (Å²) in [4.78, 5) is 20.5. The zero-order valence-corrected chi connectivity index (χ0v) is 9.61. The quantitative estimate of drug-likeness (QED) is 0.185. The number of nitrogens with zero attached hydrogens (tertiary/aromatic N) is 1. The van der Waals surface area contributed by atoms with Gasteiger partial charge in [0, 0.05) is 12.8 Å². The number of hydrogen-bond acceptors (Lipinski definition) is 5. The van der Waals surface area contributed by atoms with E-state index in [1.165, 1.54) is 0 Å². The van der Waals surface area contributed by atoms with Crippen LogP contribution in [0.2, 0.25) is 0 Å². The summed E-state index contributed by atoms with van der Waals surface area (Å²) in [6, 6.07) is 0. The SMILES string of the molecule is O=C1CCC(=O)N1O.O=S([O-])O.[Na+]. The van der Waals surface area contributed by atoms with E-state index in [9.17, 15) is 9.59 Å². The Kier molecular flexibility index (Phi) is 9.09. The van der Waals surface area contributed by atoms with Gasteiger partial charge < -0.3 is 9.11 Å². The summed E-state index contributed by atoms with van der Waals surface area (Å²) in [6.07, 6.45) is 0.296. The minimum absolute atomic E-state index is 0. The molecule has 1 heterocycles. The van der Waals surface area contributed by atoms with Crippen LogP contribution in [-0.2, 0) is 21.0 Å². The Morgan fingerprint density at radius 1 is 1.31 bits per heavy atom. The normalized spacial score (nSPS) is 17.3. The number of carbonyl (C=O) groups is 2. The van der Waals surface area contributed by atoms with Crippen molar-refractivity contribution in [3.8, 4) is 0 Å². The molecule has 9 heteroatoms. The molecule has 1 aliphatic heterocycles. The standard InChI is InChI=1S/C4H5NO3.Na.H2O3S/c6-3-1-2-4(7)5(3)8;;1-4(2)3/h8H,1-2H2;;(H2,1,2,3)/q;+1;/p-1. The third-order valence-corrected chi connectivity index (χ3v) is 1.03. The number of amides is 2. The van der Waals surface area contributed by atoms with Crippen LogP contribution in [0.1, 0.15) is 12.8 Å². The van der Waals surface area contributed by atoms with Crippen LogP contribution in [0.15, 0.2) is 0 Å². The monoisotopic (exact) mass is 219 g/mol. The van der Waals surface area contributed by atoms with Gasteiger partial charge in [-0.05, 0) is 0 Å². The van der Waals surface area contributed by atoms with E-state index in [0.717, 1.165) is 0 Å². The van der Waals surface area contributed by atoms with Gasteiger partial charge in [-0.2, -0.15) is 5.06 Å². The first kappa shape index (κ1) is 15.6. The van der Waals surface area contributed by atoms with Crippen molar-refractivity contribution in [2.24, 2.45) is 0 Å². The molecule has 0 aromatic heterocycles. The van der Waals surface area contributed by atoms with Crippen LogP contribution in [0.3, 0.4) is 0 Å². The van der Waals surface area contributed by atoms with E-state index in [1.54, 1.807) is 0 Å². The number of rotatable bonds is 0. The van der Waals surface area contributed by atoms with Crippen molar-refractivity contribution in [3.63, 3.8) is 0 Å². The van der Waals surface area contributed by atoms with Crippen LogP contribution < -0.4 is 29.6 Å². The molecule has 0 bridgehead atoms. The van der Waals surface area contributed by atoms with Gasteiger partial charge in [0.1, 0.15) is 0 Å². The average molecular weight is 219 g/mol. The van der Waals surface area contributed by atoms with E-state index >= 15 is 0 Å². The van der Waals surface area contributed by atoms with Gasteiger partial charge in [-0.1, -0.05) is 0 Å². The second kappa shape index (κ2) is 7.56. The van der Waals surface area contributed by atoms with Gasteiger partial charge in [-0.25, -0.2) is 4.21 Å². The van der Waals surface area contributed by atoms with Crippen LogP contribution in [0.25, 0.3) is 0 Å². The average Bonchev–Trinajstić information content (AvgIpc) is 2.19. The topological polar surface area (TPSA) is 118 Å². The van der Waals surface area contributed by atoms with Crippen molar-refractivity contribution < 1.29 is 57.7 Å². The summed E-state index contributed by atoms with van der Waals surface area (Å²) < 4.78 is 24.1. The van der Waals surface area contributed by atoms with Crippen LogP contribution in [-0.4, -0.2) is 35.4 Å². The Morgan fingerprint density at radius 3 is 1.62 bits per heavy atom. The van der Waals surface area contributed by atoms with Crippen molar-refractivity contribution in [3.05, 3.63) is 0 Å². The summed E-state index contributed by atoms with van der Waals surface area (Å²) in [5.74, 6) is -1.01. The Balaban J connectivity index is 0. The molecule has 0 aromatic carbocycles. The summed E-state index contributed by atoms with van der Waals surface area (Å²) in [5.41, 5.74) is 0. The first-order valence-electron chi connectivity index (χ1n) is 2.78. The largest absolute Gasteiger partial charge is 1.00 e. The molecule has 1 rings (SSSR count). The molecule has 0 aliphatic carbocycles. The van der Waals surface area contributed by atoms with Gasteiger partial charge in [-0.3, -0.25) is 14.8 Å². The molecule has 1 fully saturated rings. The van der Waals surface area contributed by atoms with Crippen molar-refractivity contribution in [2.75, 3.05) is 0 Å². The van der Waals surface area contributed by atoms with Gasteiger partial charge in [0.15, 0.2) is 0 Å². The number of hydroxylamine groups is 2. The molecule has 2 N–H and O–H groups in total. The van der Waals surface area contributed by atoms with Gasteiger partial charge in [0.25, 0.3) is 11.8 Å². The van der Waals surface area contributed by atoms with Crippen LogP contribution in [0, 0.1) is 0 Å². The van der Waals surface area contributed by atoms with Crippen molar-refractivity contribution in [1.82, 2.24) is 5.06 Å². The Morgan fingerprint density at radius 2 is 1.54 bits per heavy atom. The number of carbonyl (C=O) groups excluding carboxylic acids is 2. The predicted octanol–water partition coefficient (Wildman–Crippen LogP) is -4.13. The molecule has 0 saturated carbocycles. The first-order chi connectivity index (χ1) is 5.45. The molecule has 0 aromatic rings. The van der Waals surface area contributed by atoms with E-state index in [2.05, 4.69) is 0 Å². The van der Waals surface area contributed by atoms with Crippen molar-refractivity contribution in [1.29, 1.82) is 0 Å². The second-order valence-corrected chi connectivity index (χ2v) is 2.25. The molecule has 70 valence electrons. The zero-order valence-electron chi connectivity index (χ0n) is 6.80. The van der Waals surface area contributed by atoms with E-state index in [0.29, 0.717) is 0 Å². The minimum Gasteiger partial charge on any atom is -0.750 e. The van der Waals surface area contributed by atoms with E-state index in [1.807, 2.05) is 0 Å². The number of hydrogen-bond donors (Lipinski definition) is 2. The smallest absolute Gasteiger partial charge is 0.750 e. The van der Waals surface area contributed by atoms with Gasteiger partial charge in [-0.15, -0.1) is 0 Å². The Hall–Kier alpha value is 0.170. The molecular formula is C4H6NNaO6S. The molecule has 0 spiro atoms. The van der Waals surface area contributed by atoms with Gasteiger partial charge in [0.2, 0.25) is 0 Å². The van der Waals surface area contributed by atoms with Crippen LogP contribution in [0.5, 0.6) is 0 Å². The molecule has 1 aliphatic rings. The summed E-state index contributed by atoms with van der Waals surface area (Å²) in [7, 11) is 0. The van der Waals surface area contributed by atoms with Crippen LogP contribution >= 0.6 is 0 Å². The summed E-state index contributed by atoms with van der Waals surface area (Å²) >= 11 is -2.86. The maximum Gasteiger partial charge on any atom is 1.00 e. The third kappa shape index (κ3) is 7.26. The molecule has 2 amide bonds. The van der Waals surface area contributed by atoms with E-state index in [4.69, 9.17) is 18.5 Å². The fourth-order valence-electron chi connectivity index (χ4n) is 0.565. The first-order valence-corrected chi connectivity index (χ1v) is 3.81. The van der Waals surface area contributed by atoms with Gasteiger partial charge >= 0.3 is 29.6 Å². The fourth-order valence-corrected chi connectivity index (χ4v) is 0.565. The molecule has 1 atom stereocenters. The third-order valence-electron chi connectivity index (χ3n) is 1.03. The fraction of sp³-hybridized carbons (Fsp3) is 0.500. The summed E-state index contributed by atoms with van der Waals surface area (Å²) in [5, 5.41) is 8.57. The molecule has 1 saturated heterocycles. The van der Waals surface area contributed by atoms with Gasteiger partial charge in [0.05, 0.1) is 11.4 Å². The van der Waals surface area contributed by atoms with Crippen molar-refractivity contribution >= 4 is 23.2 Å². The Bertz CT molecular complexity index is 201. The van der Waals surface area contributed by atoms with Crippen LogP contribution in [0.4, 0.5) is 0 Å². The molecular weight excluding hydrogens is 213 g/mol. The maximum atomic E-state index is 10.2. The molecule has 1 unspecified atom stereocenters. The van der Waals surface area contributed by atoms with Crippen molar-refractivity contribution in [2.45, 2.75) is 12.8 Å². The van der Waals surface area contributed by atoms with E-state index < -0.39 is 23.2 Å². The summed E-state index contributed by atoms with van der Waals surface area (Å²) in [6.45, 7) is 0. The predicted molar refractivity (Wildman–Crippen MR) is 34.4 cm³/mol. The maximum absolute atomic E-state index is 10.2. The molecule has 0 radical (unpaired) electrons. The molecule has 13 heavy (non-hydrogen) atoms. The number of imide groups is 1. The van der Waals surface area contributed by atoms with E-state index in [-0.39, 0.29) is 47.5 Å². The second-order valence-electron chi connectivity index (χ2n) is 1.82. The zero-order chi connectivity index (χ0) is 9.72. The Labute approximate surface area is 98.5 Å². The molecule has 7 nitrogen and oxygen atoms in total. The minimum atomic E-state index is -2.86.